The van der Waals surface area contributed by atoms with Crippen LogP contribution < -0.4 is 10.1 Å². The number of hydrogen-bond acceptors (Lipinski definition) is 3. The monoisotopic (exact) mass is 366 g/mol. The number of aryl methyl sites for hydroxylation is 2. The highest BCUT2D eigenvalue weighted by Crippen LogP contribution is 2.19. The van der Waals surface area contributed by atoms with E-state index in [1.165, 1.54) is 0 Å². The summed E-state index contributed by atoms with van der Waals surface area (Å²) < 4.78 is 5.39. The number of rotatable bonds is 4. The molecule has 1 saturated heterocycles. The smallest absolute Gasteiger partial charge is 0.410 e. The average Bonchev–Trinajstić information content (AvgIpc) is 2.69. The van der Waals surface area contributed by atoms with Crippen molar-refractivity contribution in [2.45, 2.75) is 26.7 Å². The van der Waals surface area contributed by atoms with Crippen LogP contribution in [-0.2, 0) is 0 Å². The second-order valence-corrected chi connectivity index (χ2v) is 7.14. The van der Waals surface area contributed by atoms with E-state index in [1.54, 1.807) is 17.0 Å². The predicted molar refractivity (Wildman–Crippen MR) is 105 cm³/mol. The number of piperidine rings is 1. The molecule has 0 bridgehead atoms. The van der Waals surface area contributed by atoms with E-state index in [2.05, 4.69) is 5.32 Å². The van der Waals surface area contributed by atoms with E-state index >= 15 is 0 Å². The SMILES string of the molecule is Cc1ccc(C)c(C(=O)NCC2CCN(C(=O)Oc3ccccc3)CC2)c1. The van der Waals surface area contributed by atoms with Crippen LogP contribution >= 0.6 is 0 Å². The zero-order valence-corrected chi connectivity index (χ0v) is 15.9. The summed E-state index contributed by atoms with van der Waals surface area (Å²) in [4.78, 5) is 26.4. The van der Waals surface area contributed by atoms with Crippen molar-refractivity contribution in [2.75, 3.05) is 19.6 Å². The third-order valence-corrected chi connectivity index (χ3v) is 5.01. The summed E-state index contributed by atoms with van der Waals surface area (Å²) in [5.41, 5.74) is 2.80. The molecule has 2 aromatic rings. The Morgan fingerprint density at radius 1 is 1.07 bits per heavy atom. The van der Waals surface area contributed by atoms with Gasteiger partial charge in [0.05, 0.1) is 0 Å². The number of carbonyl (C=O) groups excluding carboxylic acids is 2. The quantitative estimate of drug-likeness (QED) is 0.891. The fraction of sp³-hybridized carbons (Fsp3) is 0.364. The molecule has 2 aromatic carbocycles. The molecule has 0 saturated carbocycles. The van der Waals surface area contributed by atoms with Crippen molar-refractivity contribution < 1.29 is 14.3 Å². The van der Waals surface area contributed by atoms with Gasteiger partial charge < -0.3 is 15.0 Å². The summed E-state index contributed by atoms with van der Waals surface area (Å²) in [6, 6.07) is 15.0. The molecular weight excluding hydrogens is 340 g/mol. The lowest BCUT2D eigenvalue weighted by molar-refractivity contribution is 0.0930. The van der Waals surface area contributed by atoms with Gasteiger partial charge in [-0.3, -0.25) is 4.79 Å². The molecular formula is C22H26N2O3. The highest BCUT2D eigenvalue weighted by Gasteiger charge is 2.24. The predicted octanol–water partition coefficient (Wildman–Crippen LogP) is 3.94. The Bertz CT molecular complexity index is 796. The van der Waals surface area contributed by atoms with Gasteiger partial charge in [-0.05, 0) is 56.4 Å². The highest BCUT2D eigenvalue weighted by molar-refractivity contribution is 5.95. The number of nitrogens with zero attached hydrogens (tertiary/aromatic N) is 1. The Labute approximate surface area is 160 Å². The van der Waals surface area contributed by atoms with Gasteiger partial charge in [0.25, 0.3) is 5.91 Å². The minimum atomic E-state index is -0.306. The molecule has 2 amide bonds. The summed E-state index contributed by atoms with van der Waals surface area (Å²) in [6.07, 6.45) is 1.41. The first kappa shape index (κ1) is 19.0. The molecule has 1 heterocycles. The van der Waals surface area contributed by atoms with E-state index in [-0.39, 0.29) is 12.0 Å². The average molecular weight is 366 g/mol. The molecule has 5 nitrogen and oxygen atoms in total. The maximum Gasteiger partial charge on any atom is 0.415 e. The van der Waals surface area contributed by atoms with E-state index in [9.17, 15) is 9.59 Å². The van der Waals surface area contributed by atoms with E-state index in [1.807, 2.05) is 50.2 Å². The first-order chi connectivity index (χ1) is 13.0. The molecule has 0 atom stereocenters. The van der Waals surface area contributed by atoms with Crippen LogP contribution in [0, 0.1) is 19.8 Å². The fourth-order valence-corrected chi connectivity index (χ4v) is 3.29. The van der Waals surface area contributed by atoms with Crippen LogP contribution in [0.5, 0.6) is 5.75 Å². The van der Waals surface area contributed by atoms with Crippen molar-refractivity contribution in [3.63, 3.8) is 0 Å². The maximum atomic E-state index is 12.4. The summed E-state index contributed by atoms with van der Waals surface area (Å²) in [7, 11) is 0. The van der Waals surface area contributed by atoms with Crippen molar-refractivity contribution >= 4 is 12.0 Å². The van der Waals surface area contributed by atoms with Crippen molar-refractivity contribution in [3.8, 4) is 5.75 Å². The number of ether oxygens (including phenoxy) is 1. The fourth-order valence-electron chi connectivity index (χ4n) is 3.29. The van der Waals surface area contributed by atoms with Gasteiger partial charge in [0.15, 0.2) is 0 Å². The molecule has 0 aliphatic carbocycles. The Morgan fingerprint density at radius 2 is 1.78 bits per heavy atom. The minimum Gasteiger partial charge on any atom is -0.410 e. The first-order valence-electron chi connectivity index (χ1n) is 9.40. The van der Waals surface area contributed by atoms with Gasteiger partial charge in [-0.25, -0.2) is 4.79 Å². The lowest BCUT2D eigenvalue weighted by Crippen LogP contribution is -2.42. The van der Waals surface area contributed by atoms with Crippen LogP contribution in [-0.4, -0.2) is 36.5 Å². The lowest BCUT2D eigenvalue weighted by Gasteiger charge is -2.31. The molecule has 0 spiro atoms. The van der Waals surface area contributed by atoms with E-state index in [4.69, 9.17) is 4.74 Å². The molecule has 142 valence electrons. The molecule has 0 unspecified atom stereocenters. The topological polar surface area (TPSA) is 58.6 Å². The second-order valence-electron chi connectivity index (χ2n) is 7.14. The second kappa shape index (κ2) is 8.71. The summed E-state index contributed by atoms with van der Waals surface area (Å²) >= 11 is 0. The normalized spacial score (nSPS) is 14.7. The summed E-state index contributed by atoms with van der Waals surface area (Å²) in [6.45, 7) is 5.87. The van der Waals surface area contributed by atoms with Crippen LogP contribution in [0.3, 0.4) is 0 Å². The first-order valence-corrected chi connectivity index (χ1v) is 9.40. The van der Waals surface area contributed by atoms with Crippen LogP contribution in [0.4, 0.5) is 4.79 Å². The largest absolute Gasteiger partial charge is 0.415 e. The highest BCUT2D eigenvalue weighted by atomic mass is 16.6. The Morgan fingerprint density at radius 3 is 2.48 bits per heavy atom. The molecule has 27 heavy (non-hydrogen) atoms. The van der Waals surface area contributed by atoms with Gasteiger partial charge in [0, 0.05) is 25.2 Å². The summed E-state index contributed by atoms with van der Waals surface area (Å²) in [5.74, 6) is 0.910. The molecule has 1 aliphatic rings. The third kappa shape index (κ3) is 5.09. The third-order valence-electron chi connectivity index (χ3n) is 5.01. The Hall–Kier alpha value is -2.82. The molecule has 1 N–H and O–H groups in total. The van der Waals surface area contributed by atoms with Gasteiger partial charge in [-0.2, -0.15) is 0 Å². The number of likely N-dealkylation sites (tertiary alicyclic amines) is 1. The van der Waals surface area contributed by atoms with Gasteiger partial charge in [-0.1, -0.05) is 35.9 Å². The van der Waals surface area contributed by atoms with E-state index in [0.29, 0.717) is 31.3 Å². The number of hydrogen-bond donors (Lipinski definition) is 1. The van der Waals surface area contributed by atoms with Gasteiger partial charge in [0.2, 0.25) is 0 Å². The molecule has 0 aromatic heterocycles. The van der Waals surface area contributed by atoms with Crippen LogP contribution in [0.15, 0.2) is 48.5 Å². The van der Waals surface area contributed by atoms with Crippen LogP contribution in [0.2, 0.25) is 0 Å². The Kier molecular flexibility index (Phi) is 6.12. The van der Waals surface area contributed by atoms with Crippen molar-refractivity contribution in [1.82, 2.24) is 10.2 Å². The Balaban J connectivity index is 1.45. The molecule has 0 radical (unpaired) electrons. The summed E-state index contributed by atoms with van der Waals surface area (Å²) in [5, 5.41) is 3.05. The number of benzene rings is 2. The number of carbonyl (C=O) groups is 2. The van der Waals surface area contributed by atoms with E-state index < -0.39 is 0 Å². The van der Waals surface area contributed by atoms with Crippen LogP contribution in [0.25, 0.3) is 0 Å². The van der Waals surface area contributed by atoms with Crippen molar-refractivity contribution in [3.05, 3.63) is 65.2 Å². The zero-order chi connectivity index (χ0) is 19.2. The zero-order valence-electron chi connectivity index (χ0n) is 15.9. The molecule has 5 heteroatoms. The minimum absolute atomic E-state index is 0.0258. The van der Waals surface area contributed by atoms with Gasteiger partial charge in [0.1, 0.15) is 5.75 Å². The van der Waals surface area contributed by atoms with Gasteiger partial charge >= 0.3 is 6.09 Å². The van der Waals surface area contributed by atoms with Crippen LogP contribution in [0.1, 0.15) is 34.3 Å². The number of para-hydroxylation sites is 1. The molecule has 1 aliphatic heterocycles. The van der Waals surface area contributed by atoms with Gasteiger partial charge in [-0.15, -0.1) is 0 Å². The molecule has 1 fully saturated rings. The molecule has 3 rings (SSSR count). The lowest BCUT2D eigenvalue weighted by atomic mass is 9.96. The standard InChI is InChI=1S/C22H26N2O3/c1-16-8-9-17(2)20(14-16)21(25)23-15-18-10-12-24(13-11-18)22(26)27-19-6-4-3-5-7-19/h3-9,14,18H,10-13,15H2,1-2H3,(H,23,25). The maximum absolute atomic E-state index is 12.4. The number of amides is 2. The van der Waals surface area contributed by atoms with E-state index in [0.717, 1.165) is 29.5 Å². The van der Waals surface area contributed by atoms with Crippen molar-refractivity contribution in [1.29, 1.82) is 0 Å². The van der Waals surface area contributed by atoms with Crippen molar-refractivity contribution in [2.24, 2.45) is 5.92 Å². The number of nitrogens with one attached hydrogen (secondary N) is 1.